The molecule has 0 aliphatic carbocycles. The van der Waals surface area contributed by atoms with Gasteiger partial charge in [0.1, 0.15) is 11.3 Å². The quantitative estimate of drug-likeness (QED) is 0.832. The van der Waals surface area contributed by atoms with E-state index in [-0.39, 0.29) is 6.04 Å². The third kappa shape index (κ3) is 2.88. The Morgan fingerprint density at radius 3 is 2.76 bits per heavy atom. The van der Waals surface area contributed by atoms with Crippen LogP contribution < -0.4 is 11.1 Å². The van der Waals surface area contributed by atoms with Crippen LogP contribution in [-0.4, -0.2) is 27.5 Å². The van der Waals surface area contributed by atoms with Crippen LogP contribution in [0.1, 0.15) is 13.8 Å². The van der Waals surface area contributed by atoms with Crippen molar-refractivity contribution in [2.45, 2.75) is 19.9 Å². The van der Waals surface area contributed by atoms with Gasteiger partial charge in [0.05, 0.1) is 0 Å². The first-order chi connectivity index (χ1) is 8.16. The van der Waals surface area contributed by atoms with Gasteiger partial charge in [-0.2, -0.15) is 0 Å². The van der Waals surface area contributed by atoms with E-state index in [0.29, 0.717) is 18.1 Å². The van der Waals surface area contributed by atoms with Gasteiger partial charge in [-0.05, 0) is 18.1 Å². The molecule has 0 aliphatic heterocycles. The molecule has 2 rings (SSSR count). The SMILES string of the molecule is CC(C)C(N)CNc1ccc2nccnc2n1. The molecular formula is C12H17N5. The third-order valence-corrected chi connectivity index (χ3v) is 2.71. The van der Waals surface area contributed by atoms with Gasteiger partial charge in [-0.3, -0.25) is 4.98 Å². The van der Waals surface area contributed by atoms with Crippen LogP contribution in [0.25, 0.3) is 11.2 Å². The Morgan fingerprint density at radius 1 is 1.24 bits per heavy atom. The number of aromatic nitrogens is 3. The van der Waals surface area contributed by atoms with E-state index in [9.17, 15) is 0 Å². The molecule has 0 saturated carbocycles. The molecule has 2 aromatic rings. The van der Waals surface area contributed by atoms with Gasteiger partial charge >= 0.3 is 0 Å². The number of pyridine rings is 1. The van der Waals surface area contributed by atoms with Crippen LogP contribution in [0.15, 0.2) is 24.5 Å². The Morgan fingerprint density at radius 2 is 2.00 bits per heavy atom. The Bertz CT molecular complexity index is 497. The van der Waals surface area contributed by atoms with Gasteiger partial charge in [0.15, 0.2) is 5.65 Å². The van der Waals surface area contributed by atoms with Crippen molar-refractivity contribution in [1.29, 1.82) is 0 Å². The molecule has 1 atom stereocenters. The van der Waals surface area contributed by atoms with E-state index < -0.39 is 0 Å². The zero-order valence-corrected chi connectivity index (χ0v) is 10.1. The van der Waals surface area contributed by atoms with E-state index in [1.54, 1.807) is 12.4 Å². The number of anilines is 1. The van der Waals surface area contributed by atoms with E-state index >= 15 is 0 Å². The predicted molar refractivity (Wildman–Crippen MR) is 68.6 cm³/mol. The molecule has 0 aliphatic rings. The molecule has 0 bridgehead atoms. The van der Waals surface area contributed by atoms with Crippen LogP contribution in [0.5, 0.6) is 0 Å². The highest BCUT2D eigenvalue weighted by molar-refractivity contribution is 5.71. The second-order valence-electron chi connectivity index (χ2n) is 4.38. The minimum atomic E-state index is 0.120. The van der Waals surface area contributed by atoms with Crippen molar-refractivity contribution < 1.29 is 0 Å². The van der Waals surface area contributed by atoms with Gasteiger partial charge in [-0.25, -0.2) is 9.97 Å². The maximum Gasteiger partial charge on any atom is 0.180 e. The van der Waals surface area contributed by atoms with E-state index in [1.807, 2.05) is 12.1 Å². The highest BCUT2D eigenvalue weighted by atomic mass is 15.0. The first-order valence-electron chi connectivity index (χ1n) is 5.74. The summed E-state index contributed by atoms with van der Waals surface area (Å²) in [6, 6.07) is 3.91. The fraction of sp³-hybridized carbons (Fsp3) is 0.417. The smallest absolute Gasteiger partial charge is 0.180 e. The second kappa shape index (κ2) is 5.05. The van der Waals surface area contributed by atoms with Crippen molar-refractivity contribution in [3.63, 3.8) is 0 Å². The molecular weight excluding hydrogens is 214 g/mol. The standard InChI is InChI=1S/C12H17N5/c1-8(2)9(13)7-16-11-4-3-10-12(17-11)15-6-5-14-10/h3-6,8-9H,7,13H2,1-2H3,(H,15,16,17). The van der Waals surface area contributed by atoms with Gasteiger partial charge in [-0.15, -0.1) is 0 Å². The lowest BCUT2D eigenvalue weighted by molar-refractivity contribution is 0.511. The second-order valence-corrected chi connectivity index (χ2v) is 4.38. The normalized spacial score (nSPS) is 12.9. The maximum absolute atomic E-state index is 5.96. The minimum Gasteiger partial charge on any atom is -0.368 e. The van der Waals surface area contributed by atoms with Crippen LogP contribution in [-0.2, 0) is 0 Å². The molecule has 90 valence electrons. The predicted octanol–water partition coefficient (Wildman–Crippen LogP) is 1.42. The van der Waals surface area contributed by atoms with Crippen molar-refractivity contribution in [2.24, 2.45) is 11.7 Å². The Hall–Kier alpha value is -1.75. The summed E-state index contributed by atoms with van der Waals surface area (Å²) in [7, 11) is 0. The number of nitrogens with one attached hydrogen (secondary N) is 1. The molecule has 1 unspecified atom stereocenters. The molecule has 0 amide bonds. The highest BCUT2D eigenvalue weighted by Gasteiger charge is 2.07. The maximum atomic E-state index is 5.96. The number of nitrogens with zero attached hydrogens (tertiary/aromatic N) is 3. The molecule has 0 fully saturated rings. The first kappa shape index (κ1) is 11.7. The monoisotopic (exact) mass is 231 g/mol. The molecule has 5 nitrogen and oxygen atoms in total. The van der Waals surface area contributed by atoms with Crippen molar-refractivity contribution >= 4 is 17.0 Å². The van der Waals surface area contributed by atoms with Gasteiger partial charge in [0.25, 0.3) is 0 Å². The zero-order valence-electron chi connectivity index (χ0n) is 10.1. The molecule has 0 radical (unpaired) electrons. The fourth-order valence-electron chi connectivity index (χ4n) is 1.41. The molecule has 0 aromatic carbocycles. The molecule has 2 heterocycles. The van der Waals surface area contributed by atoms with Crippen molar-refractivity contribution in [2.75, 3.05) is 11.9 Å². The average molecular weight is 231 g/mol. The molecule has 3 N–H and O–H groups in total. The third-order valence-electron chi connectivity index (χ3n) is 2.71. The van der Waals surface area contributed by atoms with Crippen molar-refractivity contribution in [3.8, 4) is 0 Å². The molecule has 5 heteroatoms. The van der Waals surface area contributed by atoms with Crippen LogP contribution >= 0.6 is 0 Å². The number of fused-ring (bicyclic) bond motifs is 1. The Balaban J connectivity index is 2.09. The number of nitrogens with two attached hydrogens (primary N) is 1. The average Bonchev–Trinajstić information content (AvgIpc) is 2.35. The summed E-state index contributed by atoms with van der Waals surface area (Å²) in [6.45, 7) is 4.91. The summed E-state index contributed by atoms with van der Waals surface area (Å²) in [5, 5.41) is 3.21. The molecule has 0 spiro atoms. The largest absolute Gasteiger partial charge is 0.368 e. The van der Waals surface area contributed by atoms with Crippen molar-refractivity contribution in [3.05, 3.63) is 24.5 Å². The van der Waals surface area contributed by atoms with Crippen LogP contribution in [0.2, 0.25) is 0 Å². The highest BCUT2D eigenvalue weighted by Crippen LogP contribution is 2.10. The first-order valence-corrected chi connectivity index (χ1v) is 5.74. The Labute approximate surface area is 100 Å². The van der Waals surface area contributed by atoms with Gasteiger partial charge in [-0.1, -0.05) is 13.8 Å². The summed E-state index contributed by atoms with van der Waals surface area (Å²) < 4.78 is 0. The molecule has 0 saturated heterocycles. The number of rotatable bonds is 4. The zero-order chi connectivity index (χ0) is 12.3. The van der Waals surface area contributed by atoms with E-state index in [0.717, 1.165) is 11.3 Å². The van der Waals surface area contributed by atoms with Gasteiger partial charge in [0, 0.05) is 25.0 Å². The number of hydrogen-bond acceptors (Lipinski definition) is 5. The summed E-state index contributed by atoms with van der Waals surface area (Å²) >= 11 is 0. The van der Waals surface area contributed by atoms with Crippen LogP contribution in [0, 0.1) is 5.92 Å². The van der Waals surface area contributed by atoms with Crippen molar-refractivity contribution in [1.82, 2.24) is 15.0 Å². The summed E-state index contributed by atoms with van der Waals surface area (Å²) in [5.41, 5.74) is 7.40. The minimum absolute atomic E-state index is 0.120. The lowest BCUT2D eigenvalue weighted by Gasteiger charge is -2.16. The van der Waals surface area contributed by atoms with Gasteiger partial charge in [0.2, 0.25) is 0 Å². The Kier molecular flexibility index (Phi) is 3.49. The summed E-state index contributed by atoms with van der Waals surface area (Å²) in [5.74, 6) is 1.23. The van der Waals surface area contributed by atoms with Gasteiger partial charge < -0.3 is 11.1 Å². The van der Waals surface area contributed by atoms with Crippen LogP contribution in [0.3, 0.4) is 0 Å². The fourth-order valence-corrected chi connectivity index (χ4v) is 1.41. The topological polar surface area (TPSA) is 76.7 Å². The van der Waals surface area contributed by atoms with E-state index in [2.05, 4.69) is 34.1 Å². The molecule has 17 heavy (non-hydrogen) atoms. The van der Waals surface area contributed by atoms with Crippen LogP contribution in [0.4, 0.5) is 5.82 Å². The number of hydrogen-bond donors (Lipinski definition) is 2. The van der Waals surface area contributed by atoms with E-state index in [4.69, 9.17) is 5.73 Å². The van der Waals surface area contributed by atoms with E-state index in [1.165, 1.54) is 0 Å². The lowest BCUT2D eigenvalue weighted by atomic mass is 10.1. The molecule has 2 aromatic heterocycles. The summed E-state index contributed by atoms with van der Waals surface area (Å²) in [6.07, 6.45) is 3.30. The lowest BCUT2D eigenvalue weighted by Crippen LogP contribution is -2.34. The summed E-state index contributed by atoms with van der Waals surface area (Å²) in [4.78, 5) is 12.7.